The second-order valence-corrected chi connectivity index (χ2v) is 5.25. The van der Waals surface area contributed by atoms with Crippen molar-refractivity contribution in [1.82, 2.24) is 15.3 Å². The topological polar surface area (TPSA) is 71.2 Å². The van der Waals surface area contributed by atoms with E-state index in [1.54, 1.807) is 11.3 Å². The highest BCUT2D eigenvalue weighted by Gasteiger charge is 2.23. The van der Waals surface area contributed by atoms with Crippen molar-refractivity contribution < 1.29 is 4.79 Å². The average Bonchev–Trinajstić information content (AvgIpc) is 2.72. The van der Waals surface area contributed by atoms with E-state index in [2.05, 4.69) is 15.3 Å². The van der Waals surface area contributed by atoms with Crippen LogP contribution >= 0.6 is 11.3 Å². The fraction of sp³-hybridized carbons (Fsp3) is 0.636. The molecule has 0 fully saturated rings. The molecule has 96 valence electrons. The van der Waals surface area contributed by atoms with Crippen LogP contribution in [0.5, 0.6) is 0 Å². The van der Waals surface area contributed by atoms with Crippen LogP contribution in [0.15, 0.2) is 5.51 Å². The Labute approximate surface area is 106 Å². The fourth-order valence-electron chi connectivity index (χ4n) is 1.58. The molecule has 2 atom stereocenters. The Morgan fingerprint density at radius 2 is 2.29 bits per heavy atom. The first-order chi connectivity index (χ1) is 7.97. The molecule has 0 saturated heterocycles. The molecule has 0 bridgehead atoms. The van der Waals surface area contributed by atoms with E-state index >= 15 is 0 Å². The maximum atomic E-state index is 11.5. The summed E-state index contributed by atoms with van der Waals surface area (Å²) in [5.41, 5.74) is 5.10. The number of hydrogen-bond donors (Lipinski definition) is 2. The number of carbonyl (C=O) groups excluding carboxylic acids is 1. The van der Waals surface area contributed by atoms with Crippen molar-refractivity contribution in [3.63, 3.8) is 0 Å². The molecule has 0 aromatic carbocycles. The fourth-order valence-corrected chi connectivity index (χ4v) is 2.42. The zero-order valence-electron chi connectivity index (χ0n) is 10.7. The van der Waals surface area contributed by atoms with Crippen LogP contribution in [0, 0.1) is 12.8 Å². The molecule has 2 unspecified atom stereocenters. The second kappa shape index (κ2) is 6.09. The molecule has 1 amide bonds. The summed E-state index contributed by atoms with van der Waals surface area (Å²) in [7, 11) is 2.00. The van der Waals surface area contributed by atoms with Gasteiger partial charge in [0.2, 0.25) is 5.91 Å². The van der Waals surface area contributed by atoms with E-state index < -0.39 is 0 Å². The van der Waals surface area contributed by atoms with Crippen molar-refractivity contribution in [2.75, 3.05) is 7.05 Å². The number of amides is 1. The molecule has 0 aliphatic carbocycles. The van der Waals surface area contributed by atoms with E-state index in [1.807, 2.05) is 33.3 Å². The SMILES string of the molecule is Cc1ncsc1CN(C)C(C)C(C)C(=O)NN. The van der Waals surface area contributed by atoms with Crippen molar-refractivity contribution in [1.29, 1.82) is 0 Å². The lowest BCUT2D eigenvalue weighted by atomic mass is 10.0. The number of hydrazine groups is 1. The van der Waals surface area contributed by atoms with Crippen LogP contribution in [0.4, 0.5) is 0 Å². The molecule has 0 aliphatic heterocycles. The highest BCUT2D eigenvalue weighted by Crippen LogP contribution is 2.18. The average molecular weight is 256 g/mol. The maximum Gasteiger partial charge on any atom is 0.238 e. The highest BCUT2D eigenvalue weighted by atomic mass is 32.1. The minimum Gasteiger partial charge on any atom is -0.298 e. The van der Waals surface area contributed by atoms with Gasteiger partial charge in [0.1, 0.15) is 0 Å². The van der Waals surface area contributed by atoms with Crippen LogP contribution in [0.3, 0.4) is 0 Å². The van der Waals surface area contributed by atoms with Crippen LogP contribution < -0.4 is 11.3 Å². The summed E-state index contributed by atoms with van der Waals surface area (Å²) >= 11 is 1.64. The minimum atomic E-state index is -0.141. The number of nitrogens with one attached hydrogen (secondary N) is 1. The highest BCUT2D eigenvalue weighted by molar-refractivity contribution is 7.09. The van der Waals surface area contributed by atoms with Gasteiger partial charge in [-0.3, -0.25) is 15.1 Å². The van der Waals surface area contributed by atoms with E-state index in [1.165, 1.54) is 4.88 Å². The van der Waals surface area contributed by atoms with Gasteiger partial charge >= 0.3 is 0 Å². The first-order valence-electron chi connectivity index (χ1n) is 5.57. The summed E-state index contributed by atoms with van der Waals surface area (Å²) in [4.78, 5) is 19.0. The number of rotatable bonds is 5. The zero-order valence-corrected chi connectivity index (χ0v) is 11.5. The third-order valence-corrected chi connectivity index (χ3v) is 4.13. The molecule has 1 heterocycles. The van der Waals surface area contributed by atoms with Crippen LogP contribution in [0.25, 0.3) is 0 Å². The zero-order chi connectivity index (χ0) is 13.0. The van der Waals surface area contributed by atoms with Gasteiger partial charge in [0.15, 0.2) is 0 Å². The third kappa shape index (κ3) is 3.49. The van der Waals surface area contributed by atoms with Crippen LogP contribution in [-0.4, -0.2) is 28.9 Å². The monoisotopic (exact) mass is 256 g/mol. The Hall–Kier alpha value is -0.980. The number of nitrogens with two attached hydrogens (primary N) is 1. The predicted octanol–water partition coefficient (Wildman–Crippen LogP) is 0.898. The first kappa shape index (κ1) is 14.1. The normalized spacial score (nSPS) is 14.7. The molecule has 0 saturated carbocycles. The van der Waals surface area contributed by atoms with E-state index in [-0.39, 0.29) is 17.9 Å². The molecular weight excluding hydrogens is 236 g/mol. The van der Waals surface area contributed by atoms with Crippen LogP contribution in [0.2, 0.25) is 0 Å². The quantitative estimate of drug-likeness (QED) is 0.466. The number of nitrogens with zero attached hydrogens (tertiary/aromatic N) is 2. The molecule has 17 heavy (non-hydrogen) atoms. The van der Waals surface area contributed by atoms with Gasteiger partial charge in [-0.25, -0.2) is 10.8 Å². The molecule has 1 rings (SSSR count). The summed E-state index contributed by atoms with van der Waals surface area (Å²) < 4.78 is 0. The molecule has 3 N–H and O–H groups in total. The molecule has 0 aliphatic rings. The number of carbonyl (C=O) groups is 1. The van der Waals surface area contributed by atoms with Gasteiger partial charge in [-0.05, 0) is 20.9 Å². The molecule has 0 radical (unpaired) electrons. The number of hydrogen-bond acceptors (Lipinski definition) is 5. The summed E-state index contributed by atoms with van der Waals surface area (Å²) in [5, 5.41) is 0. The van der Waals surface area contributed by atoms with Crippen molar-refractivity contribution in [2.45, 2.75) is 33.4 Å². The predicted molar refractivity (Wildman–Crippen MR) is 69.3 cm³/mol. The Morgan fingerprint density at radius 1 is 1.65 bits per heavy atom. The maximum absolute atomic E-state index is 11.5. The molecule has 0 spiro atoms. The number of aromatic nitrogens is 1. The summed E-state index contributed by atoms with van der Waals surface area (Å²) in [6, 6.07) is 0.125. The van der Waals surface area contributed by atoms with E-state index in [9.17, 15) is 4.79 Å². The van der Waals surface area contributed by atoms with Gasteiger partial charge in [0, 0.05) is 17.5 Å². The third-order valence-electron chi connectivity index (χ3n) is 3.21. The lowest BCUT2D eigenvalue weighted by Gasteiger charge is -2.28. The van der Waals surface area contributed by atoms with E-state index in [0.29, 0.717) is 0 Å². The Bertz CT molecular complexity index is 379. The van der Waals surface area contributed by atoms with Crippen molar-refractivity contribution >= 4 is 17.2 Å². The van der Waals surface area contributed by atoms with E-state index in [4.69, 9.17) is 5.84 Å². The molecule has 6 heteroatoms. The summed E-state index contributed by atoms with van der Waals surface area (Å²) in [6.45, 7) is 6.71. The number of aryl methyl sites for hydroxylation is 1. The van der Waals surface area contributed by atoms with Gasteiger partial charge in [-0.2, -0.15) is 0 Å². The van der Waals surface area contributed by atoms with Gasteiger partial charge < -0.3 is 0 Å². The Balaban J connectivity index is 2.61. The molecule has 5 nitrogen and oxygen atoms in total. The minimum absolute atomic E-state index is 0.125. The lowest BCUT2D eigenvalue weighted by molar-refractivity contribution is -0.126. The van der Waals surface area contributed by atoms with Crippen molar-refractivity contribution in [2.24, 2.45) is 11.8 Å². The summed E-state index contributed by atoms with van der Waals surface area (Å²) in [5.74, 6) is 4.87. The smallest absolute Gasteiger partial charge is 0.238 e. The Kier molecular flexibility index (Phi) is 5.04. The van der Waals surface area contributed by atoms with Gasteiger partial charge in [0.25, 0.3) is 0 Å². The Morgan fingerprint density at radius 3 is 2.76 bits per heavy atom. The van der Waals surface area contributed by atoms with Crippen molar-refractivity contribution in [3.05, 3.63) is 16.1 Å². The second-order valence-electron chi connectivity index (χ2n) is 4.31. The number of thiazole rings is 1. The standard InChI is InChI=1S/C11H20N4OS/c1-7(11(16)14-12)9(3)15(4)5-10-8(2)13-6-17-10/h6-7,9H,5,12H2,1-4H3,(H,14,16). The van der Waals surface area contributed by atoms with E-state index in [0.717, 1.165) is 12.2 Å². The summed E-state index contributed by atoms with van der Waals surface area (Å²) in [6.07, 6.45) is 0. The van der Waals surface area contributed by atoms with Gasteiger partial charge in [0.05, 0.1) is 17.1 Å². The van der Waals surface area contributed by atoms with Crippen LogP contribution in [0.1, 0.15) is 24.4 Å². The molecular formula is C11H20N4OS. The molecule has 1 aromatic heterocycles. The van der Waals surface area contributed by atoms with Crippen molar-refractivity contribution in [3.8, 4) is 0 Å². The first-order valence-corrected chi connectivity index (χ1v) is 6.45. The largest absolute Gasteiger partial charge is 0.298 e. The van der Waals surface area contributed by atoms with Crippen LogP contribution in [-0.2, 0) is 11.3 Å². The lowest BCUT2D eigenvalue weighted by Crippen LogP contribution is -2.44. The molecule has 1 aromatic rings. The van der Waals surface area contributed by atoms with Gasteiger partial charge in [-0.15, -0.1) is 11.3 Å². The van der Waals surface area contributed by atoms with Gasteiger partial charge in [-0.1, -0.05) is 6.92 Å².